The summed E-state index contributed by atoms with van der Waals surface area (Å²) in [7, 11) is 1.62. The van der Waals surface area contributed by atoms with Gasteiger partial charge in [-0.1, -0.05) is 13.8 Å². The molecule has 1 heterocycles. The molecule has 0 atom stereocenters. The molecule has 1 amide bonds. The van der Waals surface area contributed by atoms with E-state index in [-0.39, 0.29) is 5.91 Å². The quantitative estimate of drug-likeness (QED) is 0.695. The minimum Gasteiger partial charge on any atom is -0.383 e. The molecule has 4 nitrogen and oxygen atoms in total. The second-order valence-electron chi connectivity index (χ2n) is 2.84. The van der Waals surface area contributed by atoms with E-state index < -0.39 is 0 Å². The van der Waals surface area contributed by atoms with Gasteiger partial charge in [-0.15, -0.1) is 0 Å². The highest BCUT2D eigenvalue weighted by atomic mass is 16.5. The Balaban J connectivity index is 0.000000791. The van der Waals surface area contributed by atoms with Crippen LogP contribution >= 0.6 is 0 Å². The predicted octanol–water partition coefficient (Wildman–Crippen LogP) is 1.66. The van der Waals surface area contributed by atoms with Gasteiger partial charge in [0, 0.05) is 19.2 Å². The van der Waals surface area contributed by atoms with Crippen molar-refractivity contribution in [1.82, 2.24) is 5.01 Å². The van der Waals surface area contributed by atoms with Crippen molar-refractivity contribution in [1.29, 1.82) is 0 Å². The zero-order valence-electron chi connectivity index (χ0n) is 9.54. The highest BCUT2D eigenvalue weighted by molar-refractivity contribution is 5.91. The first-order valence-electron chi connectivity index (χ1n) is 5.07. The third-order valence-corrected chi connectivity index (χ3v) is 1.79. The number of rotatable bonds is 3. The summed E-state index contributed by atoms with van der Waals surface area (Å²) >= 11 is 0. The molecule has 0 unspecified atom stereocenters. The molecule has 1 aliphatic rings. The Hall–Kier alpha value is -0.900. The van der Waals surface area contributed by atoms with Gasteiger partial charge in [-0.3, -0.25) is 4.79 Å². The van der Waals surface area contributed by atoms with Crippen LogP contribution in [-0.2, 0) is 9.53 Å². The Bertz CT molecular complexity index is 202. The summed E-state index contributed by atoms with van der Waals surface area (Å²) in [6.07, 6.45) is 1.38. The largest absolute Gasteiger partial charge is 0.383 e. The van der Waals surface area contributed by atoms with Crippen LogP contribution in [0.5, 0.6) is 0 Å². The van der Waals surface area contributed by atoms with Crippen LogP contribution in [0.4, 0.5) is 0 Å². The summed E-state index contributed by atoms with van der Waals surface area (Å²) in [5.41, 5.74) is 1.02. The van der Waals surface area contributed by atoms with Crippen LogP contribution in [0.3, 0.4) is 0 Å². The van der Waals surface area contributed by atoms with E-state index in [4.69, 9.17) is 4.74 Å². The smallest absolute Gasteiger partial charge is 0.243 e. The van der Waals surface area contributed by atoms with Crippen LogP contribution in [0, 0.1) is 0 Å². The number of nitrogens with zero attached hydrogens (tertiary/aromatic N) is 2. The van der Waals surface area contributed by atoms with Gasteiger partial charge in [-0.25, -0.2) is 5.01 Å². The summed E-state index contributed by atoms with van der Waals surface area (Å²) in [5, 5.41) is 5.61. The van der Waals surface area contributed by atoms with Gasteiger partial charge in [-0.05, 0) is 13.3 Å². The van der Waals surface area contributed by atoms with Gasteiger partial charge in [-0.2, -0.15) is 5.10 Å². The molecule has 14 heavy (non-hydrogen) atoms. The van der Waals surface area contributed by atoms with Crippen molar-refractivity contribution in [3.63, 3.8) is 0 Å². The van der Waals surface area contributed by atoms with E-state index in [9.17, 15) is 4.79 Å². The highest BCUT2D eigenvalue weighted by Crippen LogP contribution is 2.07. The molecule has 0 radical (unpaired) electrons. The van der Waals surface area contributed by atoms with E-state index in [0.717, 1.165) is 12.1 Å². The third-order valence-electron chi connectivity index (χ3n) is 1.79. The van der Waals surface area contributed by atoms with Crippen LogP contribution in [0.25, 0.3) is 0 Å². The van der Waals surface area contributed by atoms with Crippen LogP contribution < -0.4 is 0 Å². The number of ether oxygens (including phenoxy) is 1. The Morgan fingerprint density at radius 3 is 2.64 bits per heavy atom. The molecule has 0 fully saturated rings. The van der Waals surface area contributed by atoms with Crippen LogP contribution in [0.2, 0.25) is 0 Å². The molecule has 0 aromatic heterocycles. The number of carbonyl (C=O) groups is 1. The average Bonchev–Trinajstić information content (AvgIpc) is 2.22. The fraction of sp³-hybridized carbons (Fsp3) is 0.800. The number of carbonyl (C=O) groups excluding carboxylic acids is 1. The van der Waals surface area contributed by atoms with Crippen molar-refractivity contribution in [2.24, 2.45) is 5.10 Å². The topological polar surface area (TPSA) is 41.9 Å². The van der Waals surface area contributed by atoms with Crippen molar-refractivity contribution in [2.45, 2.75) is 33.6 Å². The number of methoxy groups -OCH3 is 1. The molecule has 0 saturated heterocycles. The van der Waals surface area contributed by atoms with E-state index in [1.807, 2.05) is 20.8 Å². The van der Waals surface area contributed by atoms with Gasteiger partial charge in [0.15, 0.2) is 0 Å². The summed E-state index contributed by atoms with van der Waals surface area (Å²) < 4.78 is 4.86. The second kappa shape index (κ2) is 7.50. The fourth-order valence-electron chi connectivity index (χ4n) is 1.08. The summed E-state index contributed by atoms with van der Waals surface area (Å²) in [5.74, 6) is 0.0950. The number of amides is 1. The van der Waals surface area contributed by atoms with Crippen LogP contribution in [0.1, 0.15) is 33.6 Å². The average molecular weight is 200 g/mol. The molecule has 0 aromatic carbocycles. The third kappa shape index (κ3) is 4.37. The molecule has 0 N–H and O–H groups in total. The van der Waals surface area contributed by atoms with E-state index in [0.29, 0.717) is 19.6 Å². The van der Waals surface area contributed by atoms with E-state index in [1.54, 1.807) is 7.11 Å². The second-order valence-corrected chi connectivity index (χ2v) is 2.84. The predicted molar refractivity (Wildman–Crippen MR) is 57.3 cm³/mol. The maximum Gasteiger partial charge on any atom is 0.243 e. The van der Waals surface area contributed by atoms with Crippen molar-refractivity contribution < 1.29 is 9.53 Å². The van der Waals surface area contributed by atoms with Gasteiger partial charge < -0.3 is 4.74 Å². The molecule has 82 valence electrons. The minimum absolute atomic E-state index is 0.0950. The van der Waals surface area contributed by atoms with Crippen molar-refractivity contribution >= 4 is 11.6 Å². The standard InChI is InChI=1S/C8H14N2O2.C2H6/c1-7-3-4-8(11)10(9-7)5-6-12-2;1-2/h3-6H2,1-2H3;1-2H3. The molecular weight excluding hydrogens is 180 g/mol. The van der Waals surface area contributed by atoms with E-state index in [1.165, 1.54) is 5.01 Å². The fourth-order valence-corrected chi connectivity index (χ4v) is 1.08. The molecule has 4 heteroatoms. The highest BCUT2D eigenvalue weighted by Gasteiger charge is 2.17. The maximum atomic E-state index is 11.2. The molecule has 0 spiro atoms. The van der Waals surface area contributed by atoms with Crippen LogP contribution in [0.15, 0.2) is 5.10 Å². The first-order chi connectivity index (χ1) is 6.74. The zero-order chi connectivity index (χ0) is 11.0. The maximum absolute atomic E-state index is 11.2. The lowest BCUT2D eigenvalue weighted by atomic mass is 10.2. The Labute approximate surface area is 85.9 Å². The lowest BCUT2D eigenvalue weighted by molar-refractivity contribution is -0.132. The van der Waals surface area contributed by atoms with Gasteiger partial charge in [0.1, 0.15) is 0 Å². The van der Waals surface area contributed by atoms with Crippen molar-refractivity contribution in [2.75, 3.05) is 20.3 Å². The number of hydrazone groups is 1. The lowest BCUT2D eigenvalue weighted by Crippen LogP contribution is -2.33. The van der Waals surface area contributed by atoms with Gasteiger partial charge >= 0.3 is 0 Å². The summed E-state index contributed by atoms with van der Waals surface area (Å²) in [4.78, 5) is 11.2. The molecule has 0 bridgehead atoms. The number of hydrogen-bond acceptors (Lipinski definition) is 3. The minimum atomic E-state index is 0.0950. The summed E-state index contributed by atoms with van der Waals surface area (Å²) in [6, 6.07) is 0. The van der Waals surface area contributed by atoms with Crippen molar-refractivity contribution in [3.05, 3.63) is 0 Å². The first kappa shape index (κ1) is 13.1. The summed E-state index contributed by atoms with van der Waals surface area (Å²) in [6.45, 7) is 7.04. The lowest BCUT2D eigenvalue weighted by Gasteiger charge is -2.21. The normalized spacial score (nSPS) is 15.9. The van der Waals surface area contributed by atoms with Crippen molar-refractivity contribution in [3.8, 4) is 0 Å². The molecule has 0 aliphatic carbocycles. The van der Waals surface area contributed by atoms with E-state index >= 15 is 0 Å². The monoisotopic (exact) mass is 200 g/mol. The molecular formula is C10H20N2O2. The first-order valence-corrected chi connectivity index (χ1v) is 5.07. The molecule has 1 aliphatic heterocycles. The Morgan fingerprint density at radius 1 is 1.43 bits per heavy atom. The number of hydrogen-bond donors (Lipinski definition) is 0. The van der Waals surface area contributed by atoms with Gasteiger partial charge in [0.05, 0.1) is 13.2 Å². The van der Waals surface area contributed by atoms with Crippen LogP contribution in [-0.4, -0.2) is 36.9 Å². The van der Waals surface area contributed by atoms with E-state index in [2.05, 4.69) is 5.10 Å². The SMILES string of the molecule is CC.COCCN1N=C(C)CCC1=O. The Kier molecular flexibility index (Phi) is 7.02. The molecule has 0 aromatic rings. The van der Waals surface area contributed by atoms with Gasteiger partial charge in [0.2, 0.25) is 5.91 Å². The molecule has 0 saturated carbocycles. The Morgan fingerprint density at radius 2 is 2.07 bits per heavy atom. The zero-order valence-corrected chi connectivity index (χ0v) is 9.54. The van der Waals surface area contributed by atoms with Gasteiger partial charge in [0.25, 0.3) is 0 Å². The molecule has 1 rings (SSSR count).